The number of aryl methyl sites for hydroxylation is 3. The molecule has 4 rings (SSSR count). The van der Waals surface area contributed by atoms with Gasteiger partial charge < -0.3 is 10.1 Å². The standard InChI is InChI=1S/C27H28N4O2S/c1-5-14-31-25(16-33-24-13-11-21-8-6-7-9-22(21)20(24)4)29-30-27(31)34-17-26(32)28-23-12-10-18(2)15-19(23)3/h5-13,15H,1,14,16-17H2,2-4H3,(H,28,32). The van der Waals surface area contributed by atoms with Gasteiger partial charge in [0.2, 0.25) is 5.91 Å². The topological polar surface area (TPSA) is 69.0 Å². The van der Waals surface area contributed by atoms with Crippen molar-refractivity contribution >= 4 is 34.1 Å². The molecule has 0 atom stereocenters. The molecule has 1 heterocycles. The van der Waals surface area contributed by atoms with Gasteiger partial charge in [-0.25, -0.2) is 0 Å². The first kappa shape index (κ1) is 23.6. The van der Waals surface area contributed by atoms with E-state index in [1.54, 1.807) is 6.08 Å². The normalized spacial score (nSPS) is 10.9. The van der Waals surface area contributed by atoms with Crippen LogP contribution in [0.15, 0.2) is 72.4 Å². The van der Waals surface area contributed by atoms with E-state index in [1.807, 2.05) is 54.8 Å². The number of fused-ring (bicyclic) bond motifs is 1. The van der Waals surface area contributed by atoms with Crippen molar-refractivity contribution in [2.45, 2.75) is 39.1 Å². The summed E-state index contributed by atoms with van der Waals surface area (Å²) in [5.74, 6) is 1.64. The third kappa shape index (κ3) is 5.31. The van der Waals surface area contributed by atoms with Crippen LogP contribution in [-0.4, -0.2) is 26.4 Å². The average molecular weight is 473 g/mol. The summed E-state index contributed by atoms with van der Waals surface area (Å²) < 4.78 is 8.04. The summed E-state index contributed by atoms with van der Waals surface area (Å²) in [5, 5.41) is 14.6. The molecule has 0 saturated heterocycles. The average Bonchev–Trinajstić information content (AvgIpc) is 3.21. The van der Waals surface area contributed by atoms with Crippen LogP contribution >= 0.6 is 11.8 Å². The number of carbonyl (C=O) groups is 1. The van der Waals surface area contributed by atoms with E-state index in [0.717, 1.165) is 28.1 Å². The molecule has 34 heavy (non-hydrogen) atoms. The Morgan fingerprint density at radius 3 is 2.74 bits per heavy atom. The third-order valence-corrected chi connectivity index (χ3v) is 6.57. The number of hydrogen-bond acceptors (Lipinski definition) is 5. The second-order valence-electron chi connectivity index (χ2n) is 8.15. The highest BCUT2D eigenvalue weighted by Crippen LogP contribution is 2.28. The van der Waals surface area contributed by atoms with Crippen molar-refractivity contribution in [2.24, 2.45) is 0 Å². The van der Waals surface area contributed by atoms with Gasteiger partial charge in [0.05, 0.1) is 5.75 Å². The van der Waals surface area contributed by atoms with E-state index >= 15 is 0 Å². The Labute approximate surface area is 204 Å². The van der Waals surface area contributed by atoms with Crippen LogP contribution in [0.5, 0.6) is 5.75 Å². The number of amides is 1. The van der Waals surface area contributed by atoms with E-state index in [9.17, 15) is 4.79 Å². The minimum absolute atomic E-state index is 0.0882. The molecule has 3 aromatic carbocycles. The molecule has 7 heteroatoms. The smallest absolute Gasteiger partial charge is 0.234 e. The van der Waals surface area contributed by atoms with Gasteiger partial charge in [0, 0.05) is 12.2 Å². The van der Waals surface area contributed by atoms with Gasteiger partial charge in [-0.15, -0.1) is 16.8 Å². The zero-order chi connectivity index (χ0) is 24.1. The lowest BCUT2D eigenvalue weighted by molar-refractivity contribution is -0.113. The molecule has 174 valence electrons. The monoisotopic (exact) mass is 472 g/mol. The summed E-state index contributed by atoms with van der Waals surface area (Å²) in [5.41, 5.74) is 4.11. The van der Waals surface area contributed by atoms with E-state index in [-0.39, 0.29) is 18.3 Å². The SMILES string of the molecule is C=CCn1c(COc2ccc3ccccc3c2C)nnc1SCC(=O)Nc1ccc(C)cc1C. The fourth-order valence-electron chi connectivity index (χ4n) is 3.82. The van der Waals surface area contributed by atoms with Gasteiger partial charge in [-0.3, -0.25) is 9.36 Å². The number of thioether (sulfide) groups is 1. The second-order valence-corrected chi connectivity index (χ2v) is 9.09. The molecule has 1 amide bonds. The summed E-state index contributed by atoms with van der Waals surface area (Å²) >= 11 is 1.34. The molecule has 4 aromatic rings. The van der Waals surface area contributed by atoms with Crippen LogP contribution in [0.2, 0.25) is 0 Å². The Kier molecular flexibility index (Phi) is 7.33. The number of carbonyl (C=O) groups excluding carboxylic acids is 1. The summed E-state index contributed by atoms with van der Waals surface area (Å²) in [6.07, 6.45) is 1.79. The van der Waals surface area contributed by atoms with Crippen LogP contribution in [0.3, 0.4) is 0 Å². The molecule has 0 aliphatic heterocycles. The van der Waals surface area contributed by atoms with Crippen LogP contribution in [0.25, 0.3) is 10.8 Å². The Morgan fingerprint density at radius 1 is 1.12 bits per heavy atom. The van der Waals surface area contributed by atoms with Gasteiger partial charge in [-0.05, 0) is 54.8 Å². The highest BCUT2D eigenvalue weighted by molar-refractivity contribution is 7.99. The quantitative estimate of drug-likeness (QED) is 0.244. The molecular weight excluding hydrogens is 444 g/mol. The number of hydrogen-bond donors (Lipinski definition) is 1. The zero-order valence-corrected chi connectivity index (χ0v) is 20.5. The largest absolute Gasteiger partial charge is 0.485 e. The number of ether oxygens (including phenoxy) is 1. The lowest BCUT2D eigenvalue weighted by Gasteiger charge is -2.12. The Bertz CT molecular complexity index is 1350. The van der Waals surface area contributed by atoms with Crippen molar-refractivity contribution in [3.8, 4) is 5.75 Å². The van der Waals surface area contributed by atoms with Crippen LogP contribution < -0.4 is 10.1 Å². The predicted molar refractivity (Wildman–Crippen MR) is 139 cm³/mol. The minimum atomic E-state index is -0.0882. The highest BCUT2D eigenvalue weighted by atomic mass is 32.2. The summed E-state index contributed by atoms with van der Waals surface area (Å²) in [6.45, 7) is 10.7. The van der Waals surface area contributed by atoms with E-state index in [2.05, 4.69) is 47.2 Å². The molecule has 0 spiro atoms. The molecule has 0 bridgehead atoms. The number of nitrogens with one attached hydrogen (secondary N) is 1. The van der Waals surface area contributed by atoms with Gasteiger partial charge in [0.15, 0.2) is 11.0 Å². The van der Waals surface area contributed by atoms with Gasteiger partial charge in [0.25, 0.3) is 0 Å². The number of aromatic nitrogens is 3. The third-order valence-electron chi connectivity index (χ3n) is 5.60. The van der Waals surface area contributed by atoms with E-state index < -0.39 is 0 Å². The highest BCUT2D eigenvalue weighted by Gasteiger charge is 2.15. The number of anilines is 1. The maximum Gasteiger partial charge on any atom is 0.234 e. The number of nitrogens with zero attached hydrogens (tertiary/aromatic N) is 3. The van der Waals surface area contributed by atoms with Crippen molar-refractivity contribution in [1.82, 2.24) is 14.8 Å². The maximum absolute atomic E-state index is 12.5. The van der Waals surface area contributed by atoms with Gasteiger partial charge in [-0.1, -0.05) is 65.9 Å². The molecule has 0 aliphatic carbocycles. The van der Waals surface area contributed by atoms with Gasteiger partial charge in [-0.2, -0.15) is 0 Å². The minimum Gasteiger partial charge on any atom is -0.485 e. The molecule has 0 radical (unpaired) electrons. The number of allylic oxidation sites excluding steroid dienone is 1. The maximum atomic E-state index is 12.5. The van der Waals surface area contributed by atoms with Crippen LogP contribution in [0.1, 0.15) is 22.5 Å². The molecule has 6 nitrogen and oxygen atoms in total. The van der Waals surface area contributed by atoms with Crippen molar-refractivity contribution in [3.05, 3.63) is 89.8 Å². The summed E-state index contributed by atoms with van der Waals surface area (Å²) in [4.78, 5) is 12.5. The van der Waals surface area contributed by atoms with Gasteiger partial charge >= 0.3 is 0 Å². The Morgan fingerprint density at radius 2 is 1.94 bits per heavy atom. The molecule has 1 aromatic heterocycles. The fourth-order valence-corrected chi connectivity index (χ4v) is 4.59. The van der Waals surface area contributed by atoms with Crippen molar-refractivity contribution in [1.29, 1.82) is 0 Å². The Hall–Kier alpha value is -3.58. The lowest BCUT2D eigenvalue weighted by atomic mass is 10.0. The van der Waals surface area contributed by atoms with E-state index in [4.69, 9.17) is 4.74 Å². The molecule has 0 fully saturated rings. The number of rotatable bonds is 9. The van der Waals surface area contributed by atoms with Crippen LogP contribution in [0, 0.1) is 20.8 Å². The Balaban J connectivity index is 1.43. The van der Waals surface area contributed by atoms with Crippen LogP contribution in [0.4, 0.5) is 5.69 Å². The van der Waals surface area contributed by atoms with Crippen molar-refractivity contribution in [3.63, 3.8) is 0 Å². The number of benzene rings is 3. The first-order chi connectivity index (χ1) is 16.5. The van der Waals surface area contributed by atoms with Gasteiger partial charge in [0.1, 0.15) is 12.4 Å². The van der Waals surface area contributed by atoms with Crippen molar-refractivity contribution < 1.29 is 9.53 Å². The van der Waals surface area contributed by atoms with E-state index in [0.29, 0.717) is 17.5 Å². The second kappa shape index (κ2) is 10.6. The van der Waals surface area contributed by atoms with Crippen molar-refractivity contribution in [2.75, 3.05) is 11.1 Å². The van der Waals surface area contributed by atoms with E-state index in [1.165, 1.54) is 22.5 Å². The zero-order valence-electron chi connectivity index (χ0n) is 19.7. The first-order valence-electron chi connectivity index (χ1n) is 11.1. The first-order valence-corrected chi connectivity index (χ1v) is 12.1. The summed E-state index contributed by atoms with van der Waals surface area (Å²) in [6, 6.07) is 18.2. The summed E-state index contributed by atoms with van der Waals surface area (Å²) in [7, 11) is 0. The molecule has 1 N–H and O–H groups in total. The molecule has 0 aliphatic rings. The predicted octanol–water partition coefficient (Wildman–Crippen LogP) is 5.85. The fraction of sp³-hybridized carbons (Fsp3) is 0.222. The lowest BCUT2D eigenvalue weighted by Crippen LogP contribution is -2.15. The molecular formula is C27H28N4O2S. The van der Waals surface area contributed by atoms with Crippen LogP contribution in [-0.2, 0) is 17.9 Å². The molecule has 0 unspecified atom stereocenters. The molecule has 0 saturated carbocycles.